The van der Waals surface area contributed by atoms with Crippen molar-refractivity contribution in [1.29, 1.82) is 0 Å². The van der Waals surface area contributed by atoms with Crippen molar-refractivity contribution in [2.45, 2.75) is 20.4 Å². The standard InChI is InChI=1S/C19H24N2O2S/c1-13-7-6-8-14(2)18(13)20-19(24)21(3)12-15-9-10-16(22-4)11-17(15)23-5/h6-11H,12H2,1-5H3,(H,20,24). The lowest BCUT2D eigenvalue weighted by molar-refractivity contribution is 0.384. The molecule has 0 saturated heterocycles. The zero-order valence-corrected chi connectivity index (χ0v) is 15.7. The Morgan fingerprint density at radius 1 is 1.08 bits per heavy atom. The molecule has 0 atom stereocenters. The Balaban J connectivity index is 2.12. The molecule has 0 aliphatic carbocycles. The van der Waals surface area contributed by atoms with E-state index in [9.17, 15) is 0 Å². The minimum Gasteiger partial charge on any atom is -0.497 e. The zero-order chi connectivity index (χ0) is 17.7. The van der Waals surface area contributed by atoms with Crippen LogP contribution in [0.3, 0.4) is 0 Å². The van der Waals surface area contributed by atoms with Crippen LogP contribution in [0, 0.1) is 13.8 Å². The number of hydrogen-bond donors (Lipinski definition) is 1. The first-order chi connectivity index (χ1) is 11.5. The summed E-state index contributed by atoms with van der Waals surface area (Å²) in [5, 5.41) is 4.02. The number of ether oxygens (including phenoxy) is 2. The predicted molar refractivity (Wildman–Crippen MR) is 103 cm³/mol. The summed E-state index contributed by atoms with van der Waals surface area (Å²) in [6, 6.07) is 12.0. The van der Waals surface area contributed by atoms with Gasteiger partial charge in [-0.05, 0) is 49.3 Å². The molecule has 0 heterocycles. The maximum Gasteiger partial charge on any atom is 0.173 e. The minimum atomic E-state index is 0.643. The van der Waals surface area contributed by atoms with Crippen LogP contribution in [0.1, 0.15) is 16.7 Å². The topological polar surface area (TPSA) is 33.7 Å². The summed E-state index contributed by atoms with van der Waals surface area (Å²) in [6.07, 6.45) is 0. The molecule has 128 valence electrons. The van der Waals surface area contributed by atoms with Crippen molar-refractivity contribution in [3.8, 4) is 11.5 Å². The average Bonchev–Trinajstić information content (AvgIpc) is 2.58. The molecule has 0 fully saturated rings. The number of benzene rings is 2. The third kappa shape index (κ3) is 4.17. The van der Waals surface area contributed by atoms with Gasteiger partial charge >= 0.3 is 0 Å². The number of methoxy groups -OCH3 is 2. The van der Waals surface area contributed by atoms with E-state index in [1.807, 2.05) is 36.2 Å². The molecule has 0 unspecified atom stereocenters. The maximum atomic E-state index is 5.55. The Labute approximate surface area is 149 Å². The second-order valence-corrected chi connectivity index (χ2v) is 6.12. The first kappa shape index (κ1) is 18.1. The third-order valence-corrected chi connectivity index (χ3v) is 4.38. The molecule has 0 bridgehead atoms. The van der Waals surface area contributed by atoms with Crippen molar-refractivity contribution in [3.05, 3.63) is 53.1 Å². The summed E-state index contributed by atoms with van der Waals surface area (Å²) in [5.74, 6) is 1.56. The van der Waals surface area contributed by atoms with Gasteiger partial charge in [-0.3, -0.25) is 0 Å². The van der Waals surface area contributed by atoms with Crippen LogP contribution in [-0.2, 0) is 6.54 Å². The van der Waals surface area contributed by atoms with Gasteiger partial charge < -0.3 is 19.7 Å². The fraction of sp³-hybridized carbons (Fsp3) is 0.316. The molecule has 2 rings (SSSR count). The second-order valence-electron chi connectivity index (χ2n) is 5.73. The van der Waals surface area contributed by atoms with E-state index in [-0.39, 0.29) is 0 Å². The van der Waals surface area contributed by atoms with Gasteiger partial charge in [-0.15, -0.1) is 0 Å². The smallest absolute Gasteiger partial charge is 0.173 e. The highest BCUT2D eigenvalue weighted by Crippen LogP contribution is 2.26. The Kier molecular flexibility index (Phi) is 6.04. The highest BCUT2D eigenvalue weighted by atomic mass is 32.1. The monoisotopic (exact) mass is 344 g/mol. The number of para-hydroxylation sites is 1. The van der Waals surface area contributed by atoms with Crippen LogP contribution in [0.2, 0.25) is 0 Å². The summed E-state index contributed by atoms with van der Waals surface area (Å²) >= 11 is 5.55. The van der Waals surface area contributed by atoms with Gasteiger partial charge in [0.2, 0.25) is 0 Å². The lowest BCUT2D eigenvalue weighted by atomic mass is 10.1. The molecule has 0 aromatic heterocycles. The largest absolute Gasteiger partial charge is 0.497 e. The number of rotatable bonds is 5. The molecule has 2 aromatic rings. The summed E-state index contributed by atoms with van der Waals surface area (Å²) < 4.78 is 10.7. The molecule has 4 nitrogen and oxygen atoms in total. The molecule has 0 saturated carbocycles. The first-order valence-electron chi connectivity index (χ1n) is 7.75. The van der Waals surface area contributed by atoms with Crippen molar-refractivity contribution < 1.29 is 9.47 Å². The SMILES string of the molecule is COc1ccc(CN(C)C(=S)Nc2c(C)cccc2C)c(OC)c1. The second kappa shape index (κ2) is 8.02. The molecule has 0 amide bonds. The quantitative estimate of drug-likeness (QED) is 0.824. The summed E-state index contributed by atoms with van der Waals surface area (Å²) in [6.45, 7) is 4.79. The third-order valence-electron chi connectivity index (χ3n) is 3.96. The average molecular weight is 344 g/mol. The Hall–Kier alpha value is -2.27. The highest BCUT2D eigenvalue weighted by Gasteiger charge is 2.12. The van der Waals surface area contributed by atoms with E-state index in [1.54, 1.807) is 14.2 Å². The van der Waals surface area contributed by atoms with Gasteiger partial charge in [0.25, 0.3) is 0 Å². The van der Waals surface area contributed by atoms with Crippen molar-refractivity contribution in [2.24, 2.45) is 0 Å². The molecule has 0 aliphatic heterocycles. The fourth-order valence-corrected chi connectivity index (χ4v) is 2.69. The van der Waals surface area contributed by atoms with Gasteiger partial charge in [-0.2, -0.15) is 0 Å². The van der Waals surface area contributed by atoms with Crippen LogP contribution in [-0.4, -0.2) is 31.3 Å². The number of anilines is 1. The summed E-state index contributed by atoms with van der Waals surface area (Å²) in [5.41, 5.74) is 4.46. The first-order valence-corrected chi connectivity index (χ1v) is 8.16. The molecule has 24 heavy (non-hydrogen) atoms. The Morgan fingerprint density at radius 2 is 1.75 bits per heavy atom. The fourth-order valence-electron chi connectivity index (χ4n) is 2.52. The number of nitrogens with one attached hydrogen (secondary N) is 1. The number of aryl methyl sites for hydroxylation is 2. The van der Waals surface area contributed by atoms with E-state index in [2.05, 4.69) is 31.3 Å². The van der Waals surface area contributed by atoms with Gasteiger partial charge in [-0.25, -0.2) is 0 Å². The molecular weight excluding hydrogens is 320 g/mol. The van der Waals surface area contributed by atoms with Gasteiger partial charge in [-0.1, -0.05) is 18.2 Å². The van der Waals surface area contributed by atoms with Crippen molar-refractivity contribution in [3.63, 3.8) is 0 Å². The van der Waals surface area contributed by atoms with Crippen molar-refractivity contribution >= 4 is 23.0 Å². The van der Waals surface area contributed by atoms with Crippen molar-refractivity contribution in [2.75, 3.05) is 26.6 Å². The summed E-state index contributed by atoms with van der Waals surface area (Å²) in [4.78, 5) is 1.99. The van der Waals surface area contributed by atoms with Gasteiger partial charge in [0.1, 0.15) is 11.5 Å². The Bertz CT molecular complexity index is 711. The lowest BCUT2D eigenvalue weighted by Gasteiger charge is -2.23. The maximum absolute atomic E-state index is 5.55. The van der Waals surface area contributed by atoms with E-state index < -0.39 is 0 Å². The molecule has 0 radical (unpaired) electrons. The molecular formula is C19H24N2O2S. The van der Waals surface area contributed by atoms with Crippen LogP contribution in [0.15, 0.2) is 36.4 Å². The number of thiocarbonyl (C=S) groups is 1. The lowest BCUT2D eigenvalue weighted by Crippen LogP contribution is -2.31. The van der Waals surface area contributed by atoms with E-state index in [4.69, 9.17) is 21.7 Å². The van der Waals surface area contributed by atoms with Gasteiger partial charge in [0.15, 0.2) is 5.11 Å². The van der Waals surface area contributed by atoms with Gasteiger partial charge in [0, 0.05) is 30.9 Å². The molecule has 5 heteroatoms. The van der Waals surface area contributed by atoms with Crippen LogP contribution < -0.4 is 14.8 Å². The van der Waals surface area contributed by atoms with Gasteiger partial charge in [0.05, 0.1) is 14.2 Å². The van der Waals surface area contributed by atoms with Crippen molar-refractivity contribution in [1.82, 2.24) is 4.90 Å². The number of nitrogens with zero attached hydrogens (tertiary/aromatic N) is 1. The van der Waals surface area contributed by atoms with Crippen LogP contribution >= 0.6 is 12.2 Å². The predicted octanol–water partition coefficient (Wildman–Crippen LogP) is 4.15. The van der Waals surface area contributed by atoms with E-state index in [1.165, 1.54) is 11.1 Å². The van der Waals surface area contributed by atoms with E-state index in [0.717, 1.165) is 22.7 Å². The number of hydrogen-bond acceptors (Lipinski definition) is 3. The molecule has 0 spiro atoms. The van der Waals surface area contributed by atoms with Crippen LogP contribution in [0.25, 0.3) is 0 Å². The molecule has 0 aliphatic rings. The van der Waals surface area contributed by atoms with Crippen LogP contribution in [0.4, 0.5) is 5.69 Å². The van der Waals surface area contributed by atoms with E-state index >= 15 is 0 Å². The zero-order valence-electron chi connectivity index (χ0n) is 14.8. The normalized spacial score (nSPS) is 10.2. The summed E-state index contributed by atoms with van der Waals surface area (Å²) in [7, 11) is 5.27. The highest BCUT2D eigenvalue weighted by molar-refractivity contribution is 7.80. The molecule has 1 N–H and O–H groups in total. The minimum absolute atomic E-state index is 0.643. The van der Waals surface area contributed by atoms with E-state index in [0.29, 0.717) is 11.7 Å². The van der Waals surface area contributed by atoms with Crippen LogP contribution in [0.5, 0.6) is 11.5 Å². The molecule has 2 aromatic carbocycles. The Morgan fingerprint density at radius 3 is 2.33 bits per heavy atom.